The fraction of sp³-hybridized carbons (Fsp3) is 0.455. The van der Waals surface area contributed by atoms with Gasteiger partial charge in [-0.3, -0.25) is 4.79 Å². The van der Waals surface area contributed by atoms with E-state index in [9.17, 15) is 18.4 Å². The molecule has 1 N–H and O–H groups in total. The van der Waals surface area contributed by atoms with Crippen LogP contribution in [0.2, 0.25) is 0 Å². The molecule has 6 heteroatoms. The van der Waals surface area contributed by atoms with E-state index in [1.54, 1.807) is 20.8 Å². The van der Waals surface area contributed by atoms with E-state index >= 15 is 0 Å². The van der Waals surface area contributed by atoms with Crippen LogP contribution in [0.4, 0.5) is 8.78 Å². The first-order chi connectivity index (χ1) is 7.70. The van der Waals surface area contributed by atoms with Crippen molar-refractivity contribution in [3.8, 4) is 0 Å². The molecule has 0 spiro atoms. The monoisotopic (exact) mass is 246 g/mol. The van der Waals surface area contributed by atoms with Crippen molar-refractivity contribution in [2.45, 2.75) is 32.6 Å². The number of hydrogen-bond acceptors (Lipinski definition) is 3. The summed E-state index contributed by atoms with van der Waals surface area (Å²) in [7, 11) is 0. The van der Waals surface area contributed by atoms with E-state index in [1.165, 1.54) is 0 Å². The third kappa shape index (κ3) is 2.35. The molecule has 4 nitrogen and oxygen atoms in total. The van der Waals surface area contributed by atoms with Crippen LogP contribution in [-0.2, 0) is 5.41 Å². The number of halogens is 2. The van der Waals surface area contributed by atoms with Gasteiger partial charge < -0.3 is 9.52 Å². The summed E-state index contributed by atoms with van der Waals surface area (Å²) in [5.41, 5.74) is -1.85. The van der Waals surface area contributed by atoms with Crippen molar-refractivity contribution < 1.29 is 27.9 Å². The van der Waals surface area contributed by atoms with E-state index in [-0.39, 0.29) is 12.0 Å². The van der Waals surface area contributed by atoms with Crippen molar-refractivity contribution in [1.82, 2.24) is 0 Å². The maximum Gasteiger partial charge on any atom is 0.340 e. The van der Waals surface area contributed by atoms with Gasteiger partial charge in [0, 0.05) is 5.41 Å². The fourth-order valence-corrected chi connectivity index (χ4v) is 1.48. The summed E-state index contributed by atoms with van der Waals surface area (Å²) in [5.74, 6) is -2.46. The third-order valence-electron chi connectivity index (χ3n) is 2.18. The van der Waals surface area contributed by atoms with Crippen LogP contribution in [0.15, 0.2) is 4.42 Å². The van der Waals surface area contributed by atoms with E-state index in [2.05, 4.69) is 0 Å². The molecular weight excluding hydrogens is 234 g/mol. The van der Waals surface area contributed by atoms with Crippen molar-refractivity contribution in [3.05, 3.63) is 22.6 Å². The van der Waals surface area contributed by atoms with Gasteiger partial charge in [0.2, 0.25) is 0 Å². The van der Waals surface area contributed by atoms with Crippen molar-refractivity contribution >= 4 is 12.3 Å². The fourth-order valence-electron chi connectivity index (χ4n) is 1.48. The second-order valence-corrected chi connectivity index (χ2v) is 4.56. The zero-order valence-electron chi connectivity index (χ0n) is 9.58. The van der Waals surface area contributed by atoms with Crippen molar-refractivity contribution in [2.75, 3.05) is 0 Å². The number of aldehydes is 1. The Morgan fingerprint density at radius 2 is 1.94 bits per heavy atom. The van der Waals surface area contributed by atoms with Gasteiger partial charge in [0.05, 0.1) is 5.56 Å². The van der Waals surface area contributed by atoms with Crippen LogP contribution >= 0.6 is 0 Å². The first-order valence-electron chi connectivity index (χ1n) is 4.84. The topological polar surface area (TPSA) is 67.5 Å². The molecule has 0 fully saturated rings. The SMILES string of the molecule is CC(C)(C)c1oc(C(F)F)c(C=O)c1C(=O)O. The molecule has 0 saturated carbocycles. The molecule has 0 aliphatic heterocycles. The number of carboxylic acids is 1. The molecule has 0 saturated heterocycles. The third-order valence-corrected chi connectivity index (χ3v) is 2.18. The van der Waals surface area contributed by atoms with Crippen LogP contribution in [0.5, 0.6) is 0 Å². The van der Waals surface area contributed by atoms with Gasteiger partial charge in [0.25, 0.3) is 6.43 Å². The molecule has 0 aliphatic rings. The number of carbonyl (C=O) groups is 2. The van der Waals surface area contributed by atoms with Crippen LogP contribution in [0.25, 0.3) is 0 Å². The maximum atomic E-state index is 12.6. The predicted molar refractivity (Wildman–Crippen MR) is 54.7 cm³/mol. The molecule has 94 valence electrons. The van der Waals surface area contributed by atoms with Crippen LogP contribution in [-0.4, -0.2) is 17.4 Å². The minimum atomic E-state index is -3.02. The van der Waals surface area contributed by atoms with Crippen LogP contribution < -0.4 is 0 Å². The zero-order valence-corrected chi connectivity index (χ0v) is 9.58. The van der Waals surface area contributed by atoms with Gasteiger partial charge in [-0.2, -0.15) is 0 Å². The lowest BCUT2D eigenvalue weighted by Crippen LogP contribution is -2.15. The van der Waals surface area contributed by atoms with Gasteiger partial charge in [-0.05, 0) is 0 Å². The molecule has 17 heavy (non-hydrogen) atoms. The molecule has 0 aliphatic carbocycles. The van der Waals surface area contributed by atoms with Crippen molar-refractivity contribution in [3.63, 3.8) is 0 Å². The average molecular weight is 246 g/mol. The average Bonchev–Trinajstić information content (AvgIpc) is 2.55. The van der Waals surface area contributed by atoms with Crippen molar-refractivity contribution in [1.29, 1.82) is 0 Å². The summed E-state index contributed by atoms with van der Waals surface area (Å²) in [6.45, 7) is 4.84. The molecule has 0 aromatic carbocycles. The number of carbonyl (C=O) groups excluding carboxylic acids is 1. The molecule has 1 aromatic heterocycles. The summed E-state index contributed by atoms with van der Waals surface area (Å²) >= 11 is 0. The van der Waals surface area contributed by atoms with E-state index < -0.39 is 34.7 Å². The highest BCUT2D eigenvalue weighted by molar-refractivity contribution is 5.99. The Bertz CT molecular complexity index is 455. The van der Waals surface area contributed by atoms with E-state index in [1.807, 2.05) is 0 Å². The zero-order chi connectivity index (χ0) is 13.4. The second kappa shape index (κ2) is 4.27. The highest BCUT2D eigenvalue weighted by Gasteiger charge is 2.34. The Balaban J connectivity index is 3.62. The molecule has 1 aromatic rings. The van der Waals surface area contributed by atoms with Crippen LogP contribution in [0.1, 0.15) is 59.4 Å². The summed E-state index contributed by atoms with van der Waals surface area (Å²) in [6, 6.07) is 0. The number of hydrogen-bond donors (Lipinski definition) is 1. The molecule has 0 unspecified atom stereocenters. The summed E-state index contributed by atoms with van der Waals surface area (Å²) in [4.78, 5) is 21.8. The van der Waals surface area contributed by atoms with E-state index in [0.29, 0.717) is 0 Å². The molecule has 0 bridgehead atoms. The Morgan fingerprint density at radius 1 is 1.41 bits per heavy atom. The first kappa shape index (κ1) is 13.3. The maximum absolute atomic E-state index is 12.6. The van der Waals surface area contributed by atoms with Gasteiger partial charge in [0.15, 0.2) is 12.0 Å². The van der Waals surface area contributed by atoms with Crippen molar-refractivity contribution in [2.24, 2.45) is 0 Å². The lowest BCUT2D eigenvalue weighted by atomic mass is 9.89. The van der Waals surface area contributed by atoms with Crippen LogP contribution in [0.3, 0.4) is 0 Å². The summed E-state index contributed by atoms with van der Waals surface area (Å²) < 4.78 is 30.1. The van der Waals surface area contributed by atoms with Crippen LogP contribution in [0, 0.1) is 0 Å². The number of rotatable bonds is 3. The smallest absolute Gasteiger partial charge is 0.340 e. The van der Waals surface area contributed by atoms with E-state index in [0.717, 1.165) is 0 Å². The Kier molecular flexibility index (Phi) is 3.35. The van der Waals surface area contributed by atoms with Gasteiger partial charge in [0.1, 0.15) is 11.3 Å². The second-order valence-electron chi connectivity index (χ2n) is 4.56. The number of furan rings is 1. The van der Waals surface area contributed by atoms with E-state index in [4.69, 9.17) is 9.52 Å². The lowest BCUT2D eigenvalue weighted by Gasteiger charge is -2.15. The molecule has 0 amide bonds. The molecule has 1 heterocycles. The quantitative estimate of drug-likeness (QED) is 0.832. The summed E-state index contributed by atoms with van der Waals surface area (Å²) in [6.07, 6.45) is -2.94. The summed E-state index contributed by atoms with van der Waals surface area (Å²) in [5, 5.41) is 8.97. The lowest BCUT2D eigenvalue weighted by molar-refractivity contribution is 0.0689. The molecular formula is C11H12F2O4. The minimum absolute atomic E-state index is 0.0870. The van der Waals surface area contributed by atoms with Gasteiger partial charge in [-0.25, -0.2) is 13.6 Å². The van der Waals surface area contributed by atoms with Gasteiger partial charge in [-0.1, -0.05) is 20.8 Å². The number of alkyl halides is 2. The first-order valence-corrected chi connectivity index (χ1v) is 4.84. The molecule has 0 radical (unpaired) electrons. The van der Waals surface area contributed by atoms with Gasteiger partial charge >= 0.3 is 5.97 Å². The Hall–Kier alpha value is -1.72. The van der Waals surface area contributed by atoms with Gasteiger partial charge in [-0.15, -0.1) is 0 Å². The minimum Gasteiger partial charge on any atom is -0.478 e. The standard InChI is InChI=1S/C11H12F2O4/c1-11(2,3)8-6(10(15)16)5(4-14)7(17-8)9(12)13/h4,9H,1-3H3,(H,15,16). The highest BCUT2D eigenvalue weighted by atomic mass is 19.3. The largest absolute Gasteiger partial charge is 0.478 e. The predicted octanol–water partition coefficient (Wildman–Crippen LogP) is 3.03. The Morgan fingerprint density at radius 3 is 2.24 bits per heavy atom. The molecule has 0 atom stereocenters. The number of aromatic carboxylic acids is 1. The number of carboxylic acid groups (broad SMARTS) is 1. The normalized spacial score (nSPS) is 11.9. The Labute approximate surface area is 96.2 Å². The highest BCUT2D eigenvalue weighted by Crippen LogP contribution is 2.35. The molecule has 1 rings (SSSR count).